The summed E-state index contributed by atoms with van der Waals surface area (Å²) in [7, 11) is 0. The van der Waals surface area contributed by atoms with Gasteiger partial charge in [-0.2, -0.15) is 5.26 Å². The van der Waals surface area contributed by atoms with Crippen LogP contribution in [-0.4, -0.2) is 10.4 Å². The normalized spacial score (nSPS) is 13.9. The molecule has 0 amide bonds. The van der Waals surface area contributed by atoms with E-state index in [1.54, 1.807) is 6.07 Å². The van der Waals surface area contributed by atoms with Crippen LogP contribution < -0.4 is 0 Å². The zero-order valence-corrected chi connectivity index (χ0v) is 12.7. The predicted molar refractivity (Wildman–Crippen MR) is 80.2 cm³/mol. The van der Waals surface area contributed by atoms with Crippen molar-refractivity contribution in [2.24, 2.45) is 0 Å². The van der Waals surface area contributed by atoms with E-state index in [0.29, 0.717) is 12.0 Å². The van der Waals surface area contributed by atoms with Crippen LogP contribution in [0.2, 0.25) is 0 Å². The molecule has 100 valence electrons. The van der Waals surface area contributed by atoms with Crippen molar-refractivity contribution in [2.45, 2.75) is 26.2 Å². The number of carbonyl (C=O) groups is 1. The van der Waals surface area contributed by atoms with Gasteiger partial charge in [0, 0.05) is 27.8 Å². The van der Waals surface area contributed by atoms with Gasteiger partial charge in [-0.3, -0.25) is 4.79 Å². The van der Waals surface area contributed by atoms with Gasteiger partial charge in [-0.05, 0) is 60.0 Å². The van der Waals surface area contributed by atoms with E-state index < -0.39 is 0 Å². The molecule has 1 aliphatic carbocycles. The van der Waals surface area contributed by atoms with E-state index in [1.165, 1.54) is 0 Å². The Hall–Kier alpha value is -1.86. The van der Waals surface area contributed by atoms with Crippen molar-refractivity contribution in [3.63, 3.8) is 0 Å². The molecule has 0 unspecified atom stereocenters. The second-order valence-corrected chi connectivity index (χ2v) is 5.89. The van der Waals surface area contributed by atoms with Gasteiger partial charge in [-0.1, -0.05) is 0 Å². The lowest BCUT2D eigenvalue weighted by Gasteiger charge is -2.17. The van der Waals surface area contributed by atoms with Gasteiger partial charge in [0.15, 0.2) is 5.78 Å². The number of nitrogens with zero attached hydrogens (tertiary/aromatic N) is 2. The minimum Gasteiger partial charge on any atom is -0.316 e. The van der Waals surface area contributed by atoms with Crippen LogP contribution in [0.25, 0.3) is 5.69 Å². The first-order chi connectivity index (χ1) is 9.61. The third kappa shape index (κ3) is 1.99. The standard InChI is InChI=1S/C16H13BrN2O/c1-10-7-12-14(3-2-4-16(12)20)19(10)15-6-5-11(9-18)8-13(15)17/h5-8H,2-4H2,1H3. The molecule has 0 atom stereocenters. The minimum absolute atomic E-state index is 0.234. The van der Waals surface area contributed by atoms with E-state index in [9.17, 15) is 4.79 Å². The van der Waals surface area contributed by atoms with Gasteiger partial charge in [0.25, 0.3) is 0 Å². The van der Waals surface area contributed by atoms with Gasteiger partial charge >= 0.3 is 0 Å². The van der Waals surface area contributed by atoms with Gasteiger partial charge in [-0.25, -0.2) is 0 Å². The smallest absolute Gasteiger partial charge is 0.164 e. The van der Waals surface area contributed by atoms with Crippen molar-refractivity contribution in [2.75, 3.05) is 0 Å². The summed E-state index contributed by atoms with van der Waals surface area (Å²) in [4.78, 5) is 12.0. The number of ketones is 1. The predicted octanol–water partition coefficient (Wildman–Crippen LogP) is 3.94. The maximum absolute atomic E-state index is 12.0. The number of nitriles is 1. The summed E-state index contributed by atoms with van der Waals surface area (Å²) in [5.41, 5.74) is 4.60. The average Bonchev–Trinajstić information content (AvgIpc) is 2.77. The molecule has 1 aromatic heterocycles. The summed E-state index contributed by atoms with van der Waals surface area (Å²) in [6, 6.07) is 9.64. The average molecular weight is 329 g/mol. The van der Waals surface area contributed by atoms with Crippen LogP contribution in [-0.2, 0) is 6.42 Å². The lowest BCUT2D eigenvalue weighted by atomic mass is 9.96. The van der Waals surface area contributed by atoms with Gasteiger partial charge in [0.1, 0.15) is 0 Å². The Kier molecular flexibility index (Phi) is 3.23. The van der Waals surface area contributed by atoms with Gasteiger partial charge in [0.05, 0.1) is 17.3 Å². The molecule has 0 saturated carbocycles. The fraction of sp³-hybridized carbons (Fsp3) is 0.250. The molecular weight excluding hydrogens is 316 g/mol. The van der Waals surface area contributed by atoms with Crippen molar-refractivity contribution < 1.29 is 4.79 Å². The van der Waals surface area contributed by atoms with Crippen LogP contribution in [0.3, 0.4) is 0 Å². The number of aryl methyl sites for hydroxylation is 1. The third-order valence-corrected chi connectivity index (χ3v) is 4.36. The van der Waals surface area contributed by atoms with Crippen LogP contribution in [0.4, 0.5) is 0 Å². The highest BCUT2D eigenvalue weighted by Gasteiger charge is 2.23. The summed E-state index contributed by atoms with van der Waals surface area (Å²) in [6.07, 6.45) is 2.47. The molecular formula is C16H13BrN2O. The molecule has 0 bridgehead atoms. The first-order valence-electron chi connectivity index (χ1n) is 6.56. The lowest BCUT2D eigenvalue weighted by molar-refractivity contribution is 0.0972. The van der Waals surface area contributed by atoms with Gasteiger partial charge in [0.2, 0.25) is 0 Å². The Morgan fingerprint density at radius 1 is 1.30 bits per heavy atom. The number of benzene rings is 1. The van der Waals surface area contributed by atoms with Gasteiger partial charge in [-0.15, -0.1) is 0 Å². The zero-order valence-electron chi connectivity index (χ0n) is 11.1. The third-order valence-electron chi connectivity index (χ3n) is 3.72. The van der Waals surface area contributed by atoms with Crippen LogP contribution in [0.15, 0.2) is 28.7 Å². The maximum Gasteiger partial charge on any atom is 0.164 e. The number of carbonyl (C=O) groups excluding carboxylic acids is 1. The molecule has 0 saturated heterocycles. The molecule has 0 spiro atoms. The highest BCUT2D eigenvalue weighted by molar-refractivity contribution is 9.10. The summed E-state index contributed by atoms with van der Waals surface area (Å²) in [5, 5.41) is 8.94. The van der Waals surface area contributed by atoms with Crippen molar-refractivity contribution in [3.8, 4) is 11.8 Å². The SMILES string of the molecule is Cc1cc2c(n1-c1ccc(C#N)cc1Br)CCCC2=O. The molecule has 0 N–H and O–H groups in total. The van der Waals surface area contributed by atoms with Crippen LogP contribution >= 0.6 is 15.9 Å². The van der Waals surface area contributed by atoms with Crippen LogP contribution in [0, 0.1) is 18.3 Å². The molecule has 1 aromatic carbocycles. The molecule has 2 aromatic rings. The van der Waals surface area contributed by atoms with E-state index in [0.717, 1.165) is 40.0 Å². The Balaban J connectivity index is 2.21. The number of hydrogen-bond acceptors (Lipinski definition) is 2. The lowest BCUT2D eigenvalue weighted by Crippen LogP contribution is -2.13. The Bertz CT molecular complexity index is 753. The van der Waals surface area contributed by atoms with E-state index >= 15 is 0 Å². The molecule has 3 rings (SSSR count). The molecule has 1 aliphatic rings. The second-order valence-electron chi connectivity index (χ2n) is 5.04. The molecule has 20 heavy (non-hydrogen) atoms. The van der Waals surface area contributed by atoms with Crippen molar-refractivity contribution >= 4 is 21.7 Å². The summed E-state index contributed by atoms with van der Waals surface area (Å²) in [5.74, 6) is 0.234. The number of halogens is 1. The Labute approximate surface area is 126 Å². The quantitative estimate of drug-likeness (QED) is 0.795. The van der Waals surface area contributed by atoms with Crippen molar-refractivity contribution in [1.82, 2.24) is 4.57 Å². The molecule has 1 heterocycles. The first-order valence-corrected chi connectivity index (χ1v) is 7.35. The highest BCUT2D eigenvalue weighted by atomic mass is 79.9. The molecule has 4 heteroatoms. The second kappa shape index (κ2) is 4.92. The molecule has 0 radical (unpaired) electrons. The zero-order chi connectivity index (χ0) is 14.3. The Morgan fingerprint density at radius 3 is 2.80 bits per heavy atom. The summed E-state index contributed by atoms with van der Waals surface area (Å²) in [6.45, 7) is 2.01. The molecule has 3 nitrogen and oxygen atoms in total. The van der Waals surface area contributed by atoms with Crippen LogP contribution in [0.5, 0.6) is 0 Å². The summed E-state index contributed by atoms with van der Waals surface area (Å²) < 4.78 is 2.99. The van der Waals surface area contributed by atoms with E-state index in [2.05, 4.69) is 26.6 Å². The number of aromatic nitrogens is 1. The first kappa shape index (κ1) is 13.1. The van der Waals surface area contributed by atoms with E-state index in [-0.39, 0.29) is 5.78 Å². The molecule has 0 fully saturated rings. The number of rotatable bonds is 1. The monoisotopic (exact) mass is 328 g/mol. The van der Waals surface area contributed by atoms with E-state index in [4.69, 9.17) is 5.26 Å². The largest absolute Gasteiger partial charge is 0.316 e. The topological polar surface area (TPSA) is 45.8 Å². The number of fused-ring (bicyclic) bond motifs is 1. The molecule has 0 aliphatic heterocycles. The van der Waals surface area contributed by atoms with Gasteiger partial charge < -0.3 is 4.57 Å². The van der Waals surface area contributed by atoms with Crippen LogP contribution in [0.1, 0.15) is 40.2 Å². The maximum atomic E-state index is 12.0. The number of Topliss-reactive ketones (excluding diaryl/α,β-unsaturated/α-hetero) is 1. The highest BCUT2D eigenvalue weighted by Crippen LogP contribution is 2.31. The fourth-order valence-corrected chi connectivity index (χ4v) is 3.38. The van der Waals surface area contributed by atoms with Crippen molar-refractivity contribution in [1.29, 1.82) is 5.26 Å². The minimum atomic E-state index is 0.234. The summed E-state index contributed by atoms with van der Waals surface area (Å²) >= 11 is 3.53. The van der Waals surface area contributed by atoms with E-state index in [1.807, 2.05) is 25.1 Å². The Morgan fingerprint density at radius 2 is 2.10 bits per heavy atom. The fourth-order valence-electron chi connectivity index (χ4n) is 2.82. The number of hydrogen-bond donors (Lipinski definition) is 0. The van der Waals surface area contributed by atoms with Crippen molar-refractivity contribution in [3.05, 3.63) is 51.3 Å².